The summed E-state index contributed by atoms with van der Waals surface area (Å²) in [5, 5.41) is 7.96. The van der Waals surface area contributed by atoms with Crippen molar-refractivity contribution in [3.05, 3.63) is 36.2 Å². The third-order valence-corrected chi connectivity index (χ3v) is 3.26. The van der Waals surface area contributed by atoms with Gasteiger partial charge in [-0.1, -0.05) is 6.92 Å². The summed E-state index contributed by atoms with van der Waals surface area (Å²) in [5.41, 5.74) is 1.85. The standard InChI is InChI=1S/C15H23N5O/c1-5-6-18-14(12-9-16-7-8-17-12)15-13(21-4)10-19-20(15)11(2)3/h7-11,14,18H,5-6H2,1-4H3. The normalized spacial score (nSPS) is 12.6. The molecule has 0 aliphatic rings. The van der Waals surface area contributed by atoms with Gasteiger partial charge in [0.15, 0.2) is 5.75 Å². The molecule has 0 saturated heterocycles. The molecular formula is C15H23N5O. The Labute approximate surface area is 125 Å². The van der Waals surface area contributed by atoms with Crippen LogP contribution in [0.4, 0.5) is 0 Å². The van der Waals surface area contributed by atoms with Gasteiger partial charge in [0.25, 0.3) is 0 Å². The van der Waals surface area contributed by atoms with E-state index in [-0.39, 0.29) is 12.1 Å². The lowest BCUT2D eigenvalue weighted by Gasteiger charge is -2.22. The molecule has 0 aliphatic carbocycles. The van der Waals surface area contributed by atoms with Crippen molar-refractivity contribution in [2.75, 3.05) is 13.7 Å². The number of nitrogens with one attached hydrogen (secondary N) is 1. The molecule has 2 aromatic rings. The molecule has 0 aliphatic heterocycles. The molecule has 21 heavy (non-hydrogen) atoms. The summed E-state index contributed by atoms with van der Waals surface area (Å²) in [6.45, 7) is 7.22. The molecular weight excluding hydrogens is 266 g/mol. The van der Waals surface area contributed by atoms with Crippen LogP contribution in [-0.4, -0.2) is 33.4 Å². The summed E-state index contributed by atoms with van der Waals surface area (Å²) >= 11 is 0. The van der Waals surface area contributed by atoms with E-state index in [4.69, 9.17) is 4.74 Å². The average molecular weight is 289 g/mol. The molecule has 2 heterocycles. The van der Waals surface area contributed by atoms with Crippen LogP contribution in [0.3, 0.4) is 0 Å². The van der Waals surface area contributed by atoms with Crippen LogP contribution in [0.25, 0.3) is 0 Å². The van der Waals surface area contributed by atoms with Gasteiger partial charge in [0.1, 0.15) is 5.69 Å². The molecule has 1 atom stereocenters. The smallest absolute Gasteiger partial charge is 0.162 e. The number of ether oxygens (including phenoxy) is 1. The minimum Gasteiger partial charge on any atom is -0.493 e. The van der Waals surface area contributed by atoms with Gasteiger partial charge >= 0.3 is 0 Å². The number of rotatable bonds is 7. The fourth-order valence-corrected chi connectivity index (χ4v) is 2.29. The van der Waals surface area contributed by atoms with E-state index in [2.05, 4.69) is 41.2 Å². The van der Waals surface area contributed by atoms with Gasteiger partial charge in [0, 0.05) is 18.4 Å². The average Bonchev–Trinajstić information content (AvgIpc) is 2.93. The first-order valence-corrected chi connectivity index (χ1v) is 7.29. The minimum absolute atomic E-state index is 0.0847. The van der Waals surface area contributed by atoms with Crippen molar-refractivity contribution in [2.45, 2.75) is 39.3 Å². The summed E-state index contributed by atoms with van der Waals surface area (Å²) in [6, 6.07) is 0.157. The van der Waals surface area contributed by atoms with Gasteiger partial charge in [-0.2, -0.15) is 5.10 Å². The first kappa shape index (κ1) is 15.4. The molecule has 0 bridgehead atoms. The Morgan fingerprint density at radius 3 is 2.67 bits per heavy atom. The van der Waals surface area contributed by atoms with Crippen LogP contribution < -0.4 is 10.1 Å². The Kier molecular flexibility index (Phi) is 5.27. The Hall–Kier alpha value is -1.95. The van der Waals surface area contributed by atoms with Crippen molar-refractivity contribution in [3.8, 4) is 5.75 Å². The number of hydrogen-bond acceptors (Lipinski definition) is 5. The van der Waals surface area contributed by atoms with E-state index < -0.39 is 0 Å². The van der Waals surface area contributed by atoms with Crippen molar-refractivity contribution in [2.24, 2.45) is 0 Å². The highest BCUT2D eigenvalue weighted by molar-refractivity contribution is 5.33. The molecule has 6 nitrogen and oxygen atoms in total. The summed E-state index contributed by atoms with van der Waals surface area (Å²) < 4.78 is 7.46. The molecule has 0 amide bonds. The van der Waals surface area contributed by atoms with Crippen LogP contribution in [0, 0.1) is 0 Å². The summed E-state index contributed by atoms with van der Waals surface area (Å²) in [7, 11) is 1.67. The second kappa shape index (κ2) is 7.17. The maximum absolute atomic E-state index is 5.49. The van der Waals surface area contributed by atoms with Crippen molar-refractivity contribution in [1.29, 1.82) is 0 Å². The van der Waals surface area contributed by atoms with Crippen LogP contribution in [0.15, 0.2) is 24.8 Å². The lowest BCUT2D eigenvalue weighted by atomic mass is 10.1. The first-order valence-electron chi connectivity index (χ1n) is 7.29. The monoisotopic (exact) mass is 289 g/mol. The second-order valence-electron chi connectivity index (χ2n) is 5.15. The van der Waals surface area contributed by atoms with E-state index >= 15 is 0 Å². The molecule has 2 aromatic heterocycles. The maximum Gasteiger partial charge on any atom is 0.162 e. The molecule has 0 aromatic carbocycles. The predicted molar refractivity (Wildman–Crippen MR) is 81.3 cm³/mol. The van der Waals surface area contributed by atoms with Crippen LogP contribution in [0.5, 0.6) is 5.75 Å². The van der Waals surface area contributed by atoms with E-state index in [0.717, 1.165) is 30.1 Å². The maximum atomic E-state index is 5.49. The zero-order valence-corrected chi connectivity index (χ0v) is 13.1. The highest BCUT2D eigenvalue weighted by Crippen LogP contribution is 2.30. The van der Waals surface area contributed by atoms with Crippen LogP contribution in [0.2, 0.25) is 0 Å². The van der Waals surface area contributed by atoms with Crippen molar-refractivity contribution < 1.29 is 4.74 Å². The third kappa shape index (κ3) is 3.39. The van der Waals surface area contributed by atoms with E-state index in [0.29, 0.717) is 0 Å². The van der Waals surface area contributed by atoms with Gasteiger partial charge in [-0.25, -0.2) is 0 Å². The van der Waals surface area contributed by atoms with Crippen LogP contribution >= 0.6 is 0 Å². The van der Waals surface area contributed by atoms with Crippen LogP contribution in [0.1, 0.15) is 50.7 Å². The fraction of sp³-hybridized carbons (Fsp3) is 0.533. The highest BCUT2D eigenvalue weighted by Gasteiger charge is 2.25. The topological polar surface area (TPSA) is 64.9 Å². The number of nitrogens with zero attached hydrogens (tertiary/aromatic N) is 4. The van der Waals surface area contributed by atoms with E-state index in [9.17, 15) is 0 Å². The lowest BCUT2D eigenvalue weighted by Crippen LogP contribution is -2.27. The van der Waals surface area contributed by atoms with Gasteiger partial charge in [-0.15, -0.1) is 0 Å². The van der Waals surface area contributed by atoms with Gasteiger partial charge in [0.2, 0.25) is 0 Å². The molecule has 0 saturated carbocycles. The van der Waals surface area contributed by atoms with E-state index in [1.165, 1.54) is 0 Å². The SMILES string of the molecule is CCCNC(c1cnccn1)c1c(OC)cnn1C(C)C. The highest BCUT2D eigenvalue weighted by atomic mass is 16.5. The summed E-state index contributed by atoms with van der Waals surface area (Å²) in [6.07, 6.45) is 7.96. The molecule has 2 rings (SSSR count). The molecule has 1 unspecified atom stereocenters. The molecule has 0 spiro atoms. The molecule has 1 N–H and O–H groups in total. The zero-order valence-electron chi connectivity index (χ0n) is 13.1. The van der Waals surface area contributed by atoms with Crippen molar-refractivity contribution in [3.63, 3.8) is 0 Å². The quantitative estimate of drug-likeness (QED) is 0.847. The fourth-order valence-electron chi connectivity index (χ4n) is 2.29. The first-order chi connectivity index (χ1) is 10.2. The molecule has 0 radical (unpaired) electrons. The third-order valence-electron chi connectivity index (χ3n) is 3.26. The number of hydrogen-bond donors (Lipinski definition) is 1. The van der Waals surface area contributed by atoms with Crippen molar-refractivity contribution >= 4 is 0 Å². The molecule has 114 valence electrons. The zero-order chi connectivity index (χ0) is 15.2. The Morgan fingerprint density at radius 2 is 2.10 bits per heavy atom. The number of methoxy groups -OCH3 is 1. The number of aromatic nitrogens is 4. The molecule has 0 fully saturated rings. The van der Waals surface area contributed by atoms with Gasteiger partial charge < -0.3 is 10.1 Å². The van der Waals surface area contributed by atoms with Crippen molar-refractivity contribution in [1.82, 2.24) is 25.1 Å². The summed E-state index contributed by atoms with van der Waals surface area (Å²) in [4.78, 5) is 8.62. The van der Waals surface area contributed by atoms with Gasteiger partial charge in [0.05, 0.1) is 31.2 Å². The minimum atomic E-state index is -0.0847. The van der Waals surface area contributed by atoms with E-state index in [1.54, 1.807) is 31.9 Å². The van der Waals surface area contributed by atoms with Gasteiger partial charge in [-0.3, -0.25) is 14.6 Å². The Balaban J connectivity index is 2.48. The Bertz CT molecular complexity index is 552. The molecule has 6 heteroatoms. The van der Waals surface area contributed by atoms with Crippen LogP contribution in [-0.2, 0) is 0 Å². The van der Waals surface area contributed by atoms with E-state index in [1.807, 2.05) is 4.68 Å². The lowest BCUT2D eigenvalue weighted by molar-refractivity contribution is 0.392. The summed E-state index contributed by atoms with van der Waals surface area (Å²) in [5.74, 6) is 0.767. The predicted octanol–water partition coefficient (Wildman–Crippen LogP) is 2.35. The second-order valence-corrected chi connectivity index (χ2v) is 5.15. The van der Waals surface area contributed by atoms with Gasteiger partial charge in [-0.05, 0) is 26.8 Å². The Morgan fingerprint density at radius 1 is 1.29 bits per heavy atom. The largest absolute Gasteiger partial charge is 0.493 e.